The average Bonchev–Trinajstić information content (AvgIpc) is 2.97. The van der Waals surface area contributed by atoms with Crippen LogP contribution in [0.4, 0.5) is 0 Å². The van der Waals surface area contributed by atoms with Gasteiger partial charge in [0.1, 0.15) is 17.6 Å². The third-order valence-corrected chi connectivity index (χ3v) is 3.71. The van der Waals surface area contributed by atoms with E-state index in [2.05, 4.69) is 11.3 Å². The molecule has 0 saturated heterocycles. The van der Waals surface area contributed by atoms with Crippen LogP contribution >= 0.6 is 23.2 Å². The molecule has 1 aromatic heterocycles. The van der Waals surface area contributed by atoms with Crippen LogP contribution in [0, 0.1) is 0 Å². The van der Waals surface area contributed by atoms with Gasteiger partial charge in [-0.15, -0.1) is 0 Å². The van der Waals surface area contributed by atoms with Crippen LogP contribution in [0.3, 0.4) is 0 Å². The number of rotatable bonds is 4. The van der Waals surface area contributed by atoms with E-state index in [1.165, 1.54) is 13.2 Å². The molecular weight excluding hydrogens is 315 g/mol. The summed E-state index contributed by atoms with van der Waals surface area (Å²) in [5, 5.41) is 10.8. The van der Waals surface area contributed by atoms with Gasteiger partial charge in [-0.25, -0.2) is 4.79 Å². The Kier molecular flexibility index (Phi) is 4.73. The molecule has 0 spiro atoms. The zero-order valence-corrected chi connectivity index (χ0v) is 12.6. The Bertz CT molecular complexity index is 691. The second kappa shape index (κ2) is 6.35. The van der Waals surface area contributed by atoms with Crippen LogP contribution in [-0.4, -0.2) is 18.2 Å². The minimum Gasteiger partial charge on any atom is -0.466 e. The minimum atomic E-state index is -1.29. The zero-order chi connectivity index (χ0) is 15.6. The maximum atomic E-state index is 11.3. The number of carbonyl (C=O) groups is 1. The highest BCUT2D eigenvalue weighted by Crippen LogP contribution is 2.35. The summed E-state index contributed by atoms with van der Waals surface area (Å²) in [6, 6.07) is 8.28. The number of furan rings is 1. The standard InChI is InChI=1S/C15H12Cl2O4/c1-8(15(19)20-2)14(18)12-7-6-11(21-12)9-4-3-5-10(16)13(9)17/h3-7,14,18H,1H2,2H3. The van der Waals surface area contributed by atoms with Crippen LogP contribution < -0.4 is 0 Å². The number of methoxy groups -OCH3 is 1. The molecule has 0 fully saturated rings. The second-order valence-electron chi connectivity index (χ2n) is 4.22. The van der Waals surface area contributed by atoms with E-state index < -0.39 is 12.1 Å². The number of aliphatic hydroxyl groups is 1. The normalized spacial score (nSPS) is 12.0. The van der Waals surface area contributed by atoms with Gasteiger partial charge < -0.3 is 14.3 Å². The molecule has 0 amide bonds. The summed E-state index contributed by atoms with van der Waals surface area (Å²) in [4.78, 5) is 11.3. The fraction of sp³-hybridized carbons (Fsp3) is 0.133. The number of esters is 1. The second-order valence-corrected chi connectivity index (χ2v) is 5.01. The van der Waals surface area contributed by atoms with Crippen molar-refractivity contribution in [3.05, 3.63) is 58.3 Å². The molecule has 0 aliphatic rings. The van der Waals surface area contributed by atoms with Gasteiger partial charge in [0.2, 0.25) is 0 Å². The predicted octanol–water partition coefficient (Wildman–Crippen LogP) is 4.02. The van der Waals surface area contributed by atoms with Crippen LogP contribution in [0.2, 0.25) is 10.0 Å². The lowest BCUT2D eigenvalue weighted by Gasteiger charge is -2.09. The summed E-state index contributed by atoms with van der Waals surface area (Å²) < 4.78 is 10.0. The molecule has 2 rings (SSSR count). The van der Waals surface area contributed by atoms with E-state index in [-0.39, 0.29) is 11.3 Å². The Morgan fingerprint density at radius 3 is 2.71 bits per heavy atom. The van der Waals surface area contributed by atoms with Crippen molar-refractivity contribution < 1.29 is 19.1 Å². The minimum absolute atomic E-state index is 0.115. The molecule has 1 unspecified atom stereocenters. The summed E-state index contributed by atoms with van der Waals surface area (Å²) in [6.45, 7) is 3.48. The predicted molar refractivity (Wildman–Crippen MR) is 80.3 cm³/mol. The van der Waals surface area contributed by atoms with Crippen LogP contribution in [0.1, 0.15) is 11.9 Å². The Labute approximate surface area is 131 Å². The van der Waals surface area contributed by atoms with Gasteiger partial charge in [0.15, 0.2) is 0 Å². The first kappa shape index (κ1) is 15.6. The summed E-state index contributed by atoms with van der Waals surface area (Å²) in [5.41, 5.74) is 0.474. The molecule has 0 aliphatic heterocycles. The summed E-state index contributed by atoms with van der Waals surface area (Å²) >= 11 is 12.1. The van der Waals surface area contributed by atoms with Gasteiger partial charge in [0.25, 0.3) is 0 Å². The Morgan fingerprint density at radius 1 is 1.33 bits per heavy atom. The quantitative estimate of drug-likeness (QED) is 0.681. The summed E-state index contributed by atoms with van der Waals surface area (Å²) in [7, 11) is 1.21. The number of ether oxygens (including phenoxy) is 1. The van der Waals surface area contributed by atoms with E-state index in [4.69, 9.17) is 27.6 Å². The van der Waals surface area contributed by atoms with Crippen molar-refractivity contribution in [3.8, 4) is 11.3 Å². The maximum Gasteiger partial charge on any atom is 0.336 e. The Morgan fingerprint density at radius 2 is 2.05 bits per heavy atom. The van der Waals surface area contributed by atoms with Crippen molar-refractivity contribution >= 4 is 29.2 Å². The van der Waals surface area contributed by atoms with E-state index in [9.17, 15) is 9.90 Å². The van der Waals surface area contributed by atoms with Gasteiger partial charge in [-0.05, 0) is 24.3 Å². The number of aliphatic hydroxyl groups excluding tert-OH is 1. The van der Waals surface area contributed by atoms with Crippen molar-refractivity contribution in [1.82, 2.24) is 0 Å². The molecule has 0 saturated carbocycles. The molecular formula is C15H12Cl2O4. The highest BCUT2D eigenvalue weighted by atomic mass is 35.5. The van der Waals surface area contributed by atoms with Gasteiger partial charge in [-0.3, -0.25) is 0 Å². The van der Waals surface area contributed by atoms with Gasteiger partial charge in [-0.2, -0.15) is 0 Å². The lowest BCUT2D eigenvalue weighted by atomic mass is 10.1. The maximum absolute atomic E-state index is 11.3. The number of benzene rings is 1. The first-order valence-electron chi connectivity index (χ1n) is 5.95. The van der Waals surface area contributed by atoms with Gasteiger partial charge >= 0.3 is 5.97 Å². The smallest absolute Gasteiger partial charge is 0.336 e. The lowest BCUT2D eigenvalue weighted by Crippen LogP contribution is -2.11. The fourth-order valence-corrected chi connectivity index (χ4v) is 2.15. The van der Waals surface area contributed by atoms with E-state index in [1.54, 1.807) is 24.3 Å². The molecule has 6 heteroatoms. The molecule has 4 nitrogen and oxygen atoms in total. The van der Waals surface area contributed by atoms with Crippen molar-refractivity contribution in [2.75, 3.05) is 7.11 Å². The Balaban J connectivity index is 2.32. The Hall–Kier alpha value is -1.75. The van der Waals surface area contributed by atoms with Crippen LogP contribution in [-0.2, 0) is 9.53 Å². The third kappa shape index (κ3) is 3.13. The molecule has 1 atom stereocenters. The van der Waals surface area contributed by atoms with Gasteiger partial charge in [-0.1, -0.05) is 35.8 Å². The van der Waals surface area contributed by atoms with Crippen molar-refractivity contribution in [2.45, 2.75) is 6.10 Å². The highest BCUT2D eigenvalue weighted by Gasteiger charge is 2.22. The molecule has 2 aromatic rings. The van der Waals surface area contributed by atoms with E-state index >= 15 is 0 Å². The molecule has 1 N–H and O–H groups in total. The number of halogens is 2. The highest BCUT2D eigenvalue weighted by molar-refractivity contribution is 6.43. The average molecular weight is 327 g/mol. The first-order valence-corrected chi connectivity index (χ1v) is 6.70. The molecule has 0 bridgehead atoms. The fourth-order valence-electron chi connectivity index (χ4n) is 1.75. The molecule has 0 radical (unpaired) electrons. The zero-order valence-electron chi connectivity index (χ0n) is 11.1. The van der Waals surface area contributed by atoms with Crippen molar-refractivity contribution in [2.24, 2.45) is 0 Å². The van der Waals surface area contributed by atoms with Gasteiger partial charge in [0, 0.05) is 5.56 Å². The van der Waals surface area contributed by atoms with Crippen molar-refractivity contribution in [1.29, 1.82) is 0 Å². The van der Waals surface area contributed by atoms with Crippen LogP contribution in [0.25, 0.3) is 11.3 Å². The largest absolute Gasteiger partial charge is 0.466 e. The van der Waals surface area contributed by atoms with Crippen LogP contribution in [0.5, 0.6) is 0 Å². The van der Waals surface area contributed by atoms with Gasteiger partial charge in [0.05, 0.1) is 22.7 Å². The molecule has 1 aromatic carbocycles. The number of hydrogen-bond donors (Lipinski definition) is 1. The van der Waals surface area contributed by atoms with E-state index in [0.29, 0.717) is 21.4 Å². The molecule has 0 aliphatic carbocycles. The molecule has 1 heterocycles. The van der Waals surface area contributed by atoms with Crippen molar-refractivity contribution in [3.63, 3.8) is 0 Å². The number of carbonyl (C=O) groups excluding carboxylic acids is 1. The molecule has 110 valence electrons. The third-order valence-electron chi connectivity index (χ3n) is 2.89. The summed E-state index contributed by atoms with van der Waals surface area (Å²) in [6.07, 6.45) is -1.29. The van der Waals surface area contributed by atoms with Crippen LogP contribution in [0.15, 0.2) is 46.9 Å². The SMILES string of the molecule is C=C(C(=O)OC)C(O)c1ccc(-c2cccc(Cl)c2Cl)o1. The number of hydrogen-bond acceptors (Lipinski definition) is 4. The lowest BCUT2D eigenvalue weighted by molar-refractivity contribution is -0.137. The monoisotopic (exact) mass is 326 g/mol. The first-order chi connectivity index (χ1) is 9.95. The molecule has 21 heavy (non-hydrogen) atoms. The summed E-state index contributed by atoms with van der Waals surface area (Å²) in [5.74, 6) is -0.119. The van der Waals surface area contributed by atoms with E-state index in [1.807, 2.05) is 0 Å². The topological polar surface area (TPSA) is 59.7 Å². The van der Waals surface area contributed by atoms with E-state index in [0.717, 1.165) is 0 Å².